The van der Waals surface area contributed by atoms with E-state index in [2.05, 4.69) is 50.5 Å². The first kappa shape index (κ1) is 41.9. The summed E-state index contributed by atoms with van der Waals surface area (Å²) in [6.45, 7) is 12.0. The molecule has 11 nitrogen and oxygen atoms in total. The summed E-state index contributed by atoms with van der Waals surface area (Å²) < 4.78 is 11.9. The van der Waals surface area contributed by atoms with Crippen molar-refractivity contribution in [2.75, 3.05) is 55.0 Å². The summed E-state index contributed by atoms with van der Waals surface area (Å²) in [4.78, 5) is 46.9. The number of likely N-dealkylation sites (tertiary alicyclic amines) is 1. The lowest BCUT2D eigenvalue weighted by Gasteiger charge is -2.41. The second kappa shape index (κ2) is 21.0. The van der Waals surface area contributed by atoms with Gasteiger partial charge >= 0.3 is 0 Å². The molecule has 0 bridgehead atoms. The van der Waals surface area contributed by atoms with Crippen LogP contribution in [0.3, 0.4) is 0 Å². The Labute approximate surface area is 290 Å². The van der Waals surface area contributed by atoms with Gasteiger partial charge in [0.1, 0.15) is 12.3 Å². The molecule has 0 aromatic carbocycles. The molecule has 48 heavy (non-hydrogen) atoms. The second-order valence-corrected chi connectivity index (χ2v) is 14.6. The maximum absolute atomic E-state index is 14.0. The van der Waals surface area contributed by atoms with Crippen LogP contribution in [0.15, 0.2) is 24.3 Å². The second-order valence-electron chi connectivity index (χ2n) is 14.6. The number of rotatable bonds is 21. The topological polar surface area (TPSA) is 124 Å². The van der Waals surface area contributed by atoms with Crippen LogP contribution < -0.4 is 10.6 Å². The van der Waals surface area contributed by atoms with E-state index in [4.69, 9.17) is 9.47 Å². The normalized spacial score (nSPS) is 22.4. The van der Waals surface area contributed by atoms with Crippen molar-refractivity contribution in [3.63, 3.8) is 0 Å². The van der Waals surface area contributed by atoms with Gasteiger partial charge in [0.15, 0.2) is 0 Å². The van der Waals surface area contributed by atoms with Crippen molar-refractivity contribution < 1.29 is 29.0 Å². The van der Waals surface area contributed by atoms with Gasteiger partial charge in [-0.1, -0.05) is 65.3 Å². The smallest absolute Gasteiger partial charge is 0.242 e. The number of nitrogens with one attached hydrogen (secondary N) is 2. The average Bonchev–Trinajstić information content (AvgIpc) is 3.53. The van der Waals surface area contributed by atoms with Crippen LogP contribution in [0.4, 0.5) is 0 Å². The predicted molar refractivity (Wildman–Crippen MR) is 191 cm³/mol. The zero-order valence-corrected chi connectivity index (χ0v) is 31.5. The number of nitrogens with zero attached hydrogens (tertiary/aromatic N) is 3. The number of likely N-dealkylation sites (N-methyl/N-ethyl adjacent to an activating group) is 2. The number of ether oxygens (including phenoxy) is 2. The molecule has 276 valence electrons. The van der Waals surface area contributed by atoms with Crippen LogP contribution in [0, 0.1) is 23.7 Å². The first-order valence-electron chi connectivity index (χ1n) is 18.1. The lowest BCUT2D eigenvalue weighted by atomic mass is 9.89. The van der Waals surface area contributed by atoms with Crippen LogP contribution in [0.25, 0.3) is 0 Å². The van der Waals surface area contributed by atoms with Crippen molar-refractivity contribution in [1.29, 1.82) is 0 Å². The van der Waals surface area contributed by atoms with Gasteiger partial charge in [0, 0.05) is 39.9 Å². The molecule has 0 aromatic heterocycles. The molecule has 1 fully saturated rings. The van der Waals surface area contributed by atoms with E-state index in [1.54, 1.807) is 14.2 Å². The molecule has 0 radical (unpaired) electrons. The van der Waals surface area contributed by atoms with Crippen LogP contribution in [0.1, 0.15) is 79.6 Å². The van der Waals surface area contributed by atoms with Gasteiger partial charge in [0.05, 0.1) is 30.6 Å². The molecule has 3 N–H and O–H groups in total. The van der Waals surface area contributed by atoms with Gasteiger partial charge in [-0.05, 0) is 71.0 Å². The maximum Gasteiger partial charge on any atom is 0.242 e. The minimum atomic E-state index is -0.690. The Morgan fingerprint density at radius 2 is 1.75 bits per heavy atom. The van der Waals surface area contributed by atoms with E-state index in [0.717, 1.165) is 25.7 Å². The Kier molecular flexibility index (Phi) is 18.3. The molecule has 1 aliphatic carbocycles. The summed E-state index contributed by atoms with van der Waals surface area (Å²) in [5, 5.41) is 17.0. The lowest BCUT2D eigenvalue weighted by Crippen LogP contribution is -2.55. The molecule has 2 rings (SSSR count). The Hall–Kier alpha value is -2.31. The van der Waals surface area contributed by atoms with Gasteiger partial charge in [0.25, 0.3) is 0 Å². The fourth-order valence-electron chi connectivity index (χ4n) is 7.15. The van der Waals surface area contributed by atoms with Crippen molar-refractivity contribution in [2.45, 2.75) is 116 Å². The van der Waals surface area contributed by atoms with E-state index in [1.807, 2.05) is 54.9 Å². The van der Waals surface area contributed by atoms with Gasteiger partial charge in [0.2, 0.25) is 17.7 Å². The zero-order chi connectivity index (χ0) is 36.0. The summed E-state index contributed by atoms with van der Waals surface area (Å²) >= 11 is 0. The minimum Gasteiger partial charge on any atom is -0.379 e. The largest absolute Gasteiger partial charge is 0.379 e. The molecule has 1 saturated heterocycles. The summed E-state index contributed by atoms with van der Waals surface area (Å²) in [7, 11) is 9.03. The van der Waals surface area contributed by atoms with Gasteiger partial charge < -0.3 is 35.0 Å². The van der Waals surface area contributed by atoms with Gasteiger partial charge in [-0.2, -0.15) is 0 Å². The minimum absolute atomic E-state index is 0.0469. The predicted octanol–water partition coefficient (Wildman–Crippen LogP) is 3.43. The monoisotopic (exact) mass is 678 g/mol. The molecule has 3 amide bonds. The number of methoxy groups -OCH3 is 2. The third kappa shape index (κ3) is 12.5. The van der Waals surface area contributed by atoms with Crippen LogP contribution in [-0.4, -0.2) is 129 Å². The number of allylic oxidation sites excluding steroid dienone is 4. The molecule has 9 atom stereocenters. The van der Waals surface area contributed by atoms with Crippen LogP contribution >= 0.6 is 0 Å². The fraction of sp³-hybridized carbons (Fsp3) is 0.811. The Bertz CT molecular complexity index is 1050. The first-order chi connectivity index (χ1) is 22.7. The number of carbonyl (C=O) groups is 3. The van der Waals surface area contributed by atoms with Gasteiger partial charge in [-0.25, -0.2) is 0 Å². The van der Waals surface area contributed by atoms with Crippen molar-refractivity contribution in [1.82, 2.24) is 25.3 Å². The van der Waals surface area contributed by atoms with E-state index in [0.29, 0.717) is 38.4 Å². The molecular formula is C37H67N5O6. The maximum atomic E-state index is 14.0. The summed E-state index contributed by atoms with van der Waals surface area (Å²) in [6, 6.07) is -1.13. The third-order valence-electron chi connectivity index (χ3n) is 10.2. The molecule has 0 saturated carbocycles. The lowest BCUT2D eigenvalue weighted by molar-refractivity contribution is -0.145. The van der Waals surface area contributed by atoms with Crippen LogP contribution in [-0.2, 0) is 23.9 Å². The van der Waals surface area contributed by atoms with E-state index < -0.39 is 30.4 Å². The highest BCUT2D eigenvalue weighted by atomic mass is 16.5. The van der Waals surface area contributed by atoms with E-state index >= 15 is 0 Å². The van der Waals surface area contributed by atoms with Crippen molar-refractivity contribution in [3.8, 4) is 0 Å². The highest BCUT2D eigenvalue weighted by Crippen LogP contribution is 2.30. The molecule has 1 aliphatic heterocycles. The van der Waals surface area contributed by atoms with E-state index in [9.17, 15) is 19.5 Å². The van der Waals surface area contributed by atoms with Crippen LogP contribution in [0.5, 0.6) is 0 Å². The van der Waals surface area contributed by atoms with Crippen molar-refractivity contribution >= 4 is 17.7 Å². The summed E-state index contributed by atoms with van der Waals surface area (Å²) in [6.07, 6.45) is 11.0. The fourth-order valence-corrected chi connectivity index (χ4v) is 7.15. The van der Waals surface area contributed by atoms with Crippen LogP contribution in [0.2, 0.25) is 0 Å². The van der Waals surface area contributed by atoms with E-state index in [1.165, 1.54) is 0 Å². The molecular weight excluding hydrogens is 610 g/mol. The average molecular weight is 678 g/mol. The molecule has 0 spiro atoms. The SMILES string of the molecule is CCC(C)C(C(CC(=O)N1CCCC1C(OC)C(C)C(=O)NC(CC1C=CC=CC1)C(=O)NCCN(C)C)OC)N(C)C(O)CC(C)C. The standard InChI is InChI=1S/C37H67N5O6/c1-11-26(4)34(41(8)32(43)22-25(2)3)31(47-9)24-33(44)42-20-15-18-30(42)35(48-10)27(5)36(45)39-29(23-28-16-13-12-14-17-28)37(46)38-19-21-40(6)7/h12-14,16,25-32,34-35,43H,11,15,17-24H2,1-10H3,(H,38,46)(H,39,45). The Morgan fingerprint density at radius 1 is 1.04 bits per heavy atom. The number of carbonyl (C=O) groups excluding carboxylic acids is 3. The number of hydrogen-bond acceptors (Lipinski definition) is 8. The molecule has 2 aliphatic rings. The first-order valence-corrected chi connectivity index (χ1v) is 18.1. The molecule has 9 unspecified atom stereocenters. The van der Waals surface area contributed by atoms with Crippen molar-refractivity contribution in [3.05, 3.63) is 24.3 Å². The van der Waals surface area contributed by atoms with Gasteiger partial charge in [-0.3, -0.25) is 19.3 Å². The number of amides is 3. The number of aliphatic hydroxyl groups excluding tert-OH is 1. The Balaban J connectivity index is 2.19. The molecule has 0 aromatic rings. The van der Waals surface area contributed by atoms with Gasteiger partial charge in [-0.15, -0.1) is 0 Å². The molecule has 1 heterocycles. The third-order valence-corrected chi connectivity index (χ3v) is 10.2. The summed E-state index contributed by atoms with van der Waals surface area (Å²) in [5.74, 6) is -0.451. The quantitative estimate of drug-likeness (QED) is 0.158. The van der Waals surface area contributed by atoms with E-state index in [-0.39, 0.29) is 48.1 Å². The highest BCUT2D eigenvalue weighted by molar-refractivity contribution is 5.88. The summed E-state index contributed by atoms with van der Waals surface area (Å²) in [5.41, 5.74) is 0. The number of aliphatic hydroxyl groups is 1. The zero-order valence-electron chi connectivity index (χ0n) is 31.5. The Morgan fingerprint density at radius 3 is 2.31 bits per heavy atom. The van der Waals surface area contributed by atoms with Crippen molar-refractivity contribution in [2.24, 2.45) is 23.7 Å². The molecule has 11 heteroatoms. The number of hydrogen-bond donors (Lipinski definition) is 3. The highest BCUT2D eigenvalue weighted by Gasteiger charge is 2.42.